The van der Waals surface area contributed by atoms with Gasteiger partial charge in [0.25, 0.3) is 0 Å². The summed E-state index contributed by atoms with van der Waals surface area (Å²) in [6.45, 7) is 0. The van der Waals surface area contributed by atoms with Crippen molar-refractivity contribution in [2.24, 2.45) is 11.8 Å². The van der Waals surface area contributed by atoms with Crippen LogP contribution in [0.4, 0.5) is 5.69 Å². The molecule has 0 radical (unpaired) electrons. The Labute approximate surface area is 206 Å². The van der Waals surface area contributed by atoms with E-state index in [4.69, 9.17) is 0 Å². The third-order valence-corrected chi connectivity index (χ3v) is 7.47. The van der Waals surface area contributed by atoms with Crippen LogP contribution in [0.5, 0.6) is 5.75 Å². The van der Waals surface area contributed by atoms with Crippen molar-refractivity contribution in [3.8, 4) is 5.75 Å². The highest BCUT2D eigenvalue weighted by atomic mass is 16.4. The molecule has 8 nitrogen and oxygen atoms in total. The lowest BCUT2D eigenvalue weighted by Gasteiger charge is -2.31. The van der Waals surface area contributed by atoms with Crippen LogP contribution in [0.3, 0.4) is 0 Å². The predicted octanol–water partition coefficient (Wildman–Crippen LogP) is 3.39. The van der Waals surface area contributed by atoms with Crippen molar-refractivity contribution in [2.75, 3.05) is 4.90 Å². The number of hydrogen-bond donors (Lipinski definition) is 4. The zero-order valence-electron chi connectivity index (χ0n) is 19.1. The summed E-state index contributed by atoms with van der Waals surface area (Å²) < 4.78 is 0. The molecule has 4 atom stereocenters. The molecular weight excluding hydrogens is 458 g/mol. The van der Waals surface area contributed by atoms with Crippen LogP contribution in [-0.2, 0) is 20.8 Å². The van der Waals surface area contributed by atoms with Crippen LogP contribution in [0, 0.1) is 11.8 Å². The number of imide groups is 1. The van der Waals surface area contributed by atoms with E-state index >= 15 is 0 Å². The lowest BCUT2D eigenvalue weighted by Crippen LogP contribution is -2.57. The van der Waals surface area contributed by atoms with Crippen molar-refractivity contribution < 1.29 is 24.6 Å². The number of carboxylic acids is 1. The molecule has 36 heavy (non-hydrogen) atoms. The minimum Gasteiger partial charge on any atom is -0.508 e. The van der Waals surface area contributed by atoms with E-state index in [1.807, 2.05) is 24.3 Å². The Balaban J connectivity index is 1.53. The van der Waals surface area contributed by atoms with Gasteiger partial charge in [0.05, 0.1) is 17.5 Å². The molecular formula is C28H23N3O5. The number of nitrogens with zero attached hydrogens (tertiary/aromatic N) is 1. The molecule has 0 unspecified atom stereocenters. The van der Waals surface area contributed by atoms with Gasteiger partial charge in [-0.3, -0.25) is 19.7 Å². The Bertz CT molecular complexity index is 1510. The highest BCUT2D eigenvalue weighted by molar-refractivity contribution is 6.24. The molecule has 1 aromatic heterocycles. The van der Waals surface area contributed by atoms with Crippen LogP contribution in [0.25, 0.3) is 10.9 Å². The van der Waals surface area contributed by atoms with E-state index in [1.54, 1.807) is 54.7 Å². The fourth-order valence-electron chi connectivity index (χ4n) is 5.87. The summed E-state index contributed by atoms with van der Waals surface area (Å²) in [5.74, 6) is -4.53. The minimum absolute atomic E-state index is 0.0285. The van der Waals surface area contributed by atoms with Crippen LogP contribution in [0.2, 0.25) is 0 Å². The molecule has 0 aliphatic carbocycles. The minimum atomic E-state index is -1.78. The molecule has 0 saturated carbocycles. The number of anilines is 1. The first kappa shape index (κ1) is 22.1. The number of aromatic nitrogens is 1. The Kier molecular flexibility index (Phi) is 4.94. The summed E-state index contributed by atoms with van der Waals surface area (Å²) in [5.41, 5.74) is 0.559. The number of para-hydroxylation sites is 3. The number of carbonyl (C=O) groups excluding carboxylic acids is 2. The van der Waals surface area contributed by atoms with E-state index in [9.17, 15) is 24.6 Å². The lowest BCUT2D eigenvalue weighted by atomic mass is 9.76. The number of hydrogen-bond acceptors (Lipinski definition) is 5. The average Bonchev–Trinajstić information content (AvgIpc) is 3.52. The van der Waals surface area contributed by atoms with Crippen LogP contribution in [-0.4, -0.2) is 38.5 Å². The molecule has 3 aromatic carbocycles. The Morgan fingerprint density at radius 1 is 0.917 bits per heavy atom. The normalized spacial score (nSPS) is 25.4. The van der Waals surface area contributed by atoms with Gasteiger partial charge in [0.15, 0.2) is 0 Å². The summed E-state index contributed by atoms with van der Waals surface area (Å²) in [6.07, 6.45) is 1.72. The number of fused-ring (bicyclic) bond motifs is 2. The molecule has 2 aliphatic heterocycles. The second kappa shape index (κ2) is 8.07. The van der Waals surface area contributed by atoms with E-state index in [1.165, 1.54) is 6.07 Å². The van der Waals surface area contributed by atoms with Gasteiger partial charge in [-0.15, -0.1) is 0 Å². The average molecular weight is 482 g/mol. The molecule has 8 heteroatoms. The SMILES string of the molecule is O=C1[C@@H]2[C@@H](c3ccccc3O)N[C@@](Cc3c[nH]c4ccccc34)(C(=O)O)[C@@H]2C(=O)N1c1ccccc1. The molecule has 4 N–H and O–H groups in total. The maximum Gasteiger partial charge on any atom is 0.325 e. The first-order chi connectivity index (χ1) is 17.4. The first-order valence-electron chi connectivity index (χ1n) is 11.7. The van der Waals surface area contributed by atoms with Gasteiger partial charge in [0.1, 0.15) is 11.3 Å². The summed E-state index contributed by atoms with van der Waals surface area (Å²) in [7, 11) is 0. The maximum absolute atomic E-state index is 13.9. The largest absolute Gasteiger partial charge is 0.508 e. The number of phenolic OH excluding ortho intramolecular Hbond substituents is 1. The quantitative estimate of drug-likeness (QED) is 0.324. The molecule has 2 aliphatic rings. The third kappa shape index (κ3) is 3.08. The number of aromatic hydroxyl groups is 1. The zero-order valence-corrected chi connectivity index (χ0v) is 19.1. The standard InChI is InChI=1S/C28H23N3O5/c32-21-13-7-5-11-19(21)24-22-23(26(34)31(25(22)33)17-8-2-1-3-9-17)28(30-24,27(35)36)14-16-15-29-20-12-6-4-10-18(16)20/h1-13,15,22-24,29-30,32H,14H2,(H,35,36)/t22-,23-,24+,28+/m0/s1. The van der Waals surface area contributed by atoms with Crippen molar-refractivity contribution >= 4 is 34.4 Å². The van der Waals surface area contributed by atoms with E-state index in [0.717, 1.165) is 21.4 Å². The molecule has 6 rings (SSSR count). The summed E-state index contributed by atoms with van der Waals surface area (Å²) >= 11 is 0. The van der Waals surface area contributed by atoms with Crippen molar-refractivity contribution in [2.45, 2.75) is 18.0 Å². The van der Waals surface area contributed by atoms with Gasteiger partial charge < -0.3 is 15.2 Å². The molecule has 0 bridgehead atoms. The van der Waals surface area contributed by atoms with Crippen molar-refractivity contribution in [3.05, 3.63) is 96.2 Å². The number of nitrogens with one attached hydrogen (secondary N) is 2. The number of rotatable bonds is 5. The summed E-state index contributed by atoms with van der Waals surface area (Å²) in [5, 5.41) is 25.3. The number of benzene rings is 3. The highest BCUT2D eigenvalue weighted by Gasteiger charge is 2.69. The van der Waals surface area contributed by atoms with E-state index < -0.39 is 41.2 Å². The number of amides is 2. The molecule has 0 spiro atoms. The van der Waals surface area contributed by atoms with Crippen LogP contribution in [0.1, 0.15) is 17.2 Å². The van der Waals surface area contributed by atoms with Gasteiger partial charge in [-0.2, -0.15) is 0 Å². The molecule has 2 saturated heterocycles. The van der Waals surface area contributed by atoms with Gasteiger partial charge in [0.2, 0.25) is 11.8 Å². The van der Waals surface area contributed by atoms with Gasteiger partial charge in [0, 0.05) is 35.1 Å². The Hall–Kier alpha value is -4.43. The molecule has 2 fully saturated rings. The Morgan fingerprint density at radius 2 is 1.61 bits per heavy atom. The van der Waals surface area contributed by atoms with Crippen molar-refractivity contribution in [1.29, 1.82) is 0 Å². The summed E-state index contributed by atoms with van der Waals surface area (Å²) in [4.78, 5) is 45.0. The second-order valence-electron chi connectivity index (χ2n) is 9.34. The number of carbonyl (C=O) groups is 3. The number of aliphatic carboxylic acids is 1. The first-order valence-corrected chi connectivity index (χ1v) is 11.7. The van der Waals surface area contributed by atoms with Gasteiger partial charge in [-0.1, -0.05) is 54.6 Å². The number of phenols is 1. The number of aromatic amines is 1. The fraction of sp³-hybridized carbons (Fsp3) is 0.179. The highest BCUT2D eigenvalue weighted by Crippen LogP contribution is 2.52. The number of carboxylic acid groups (broad SMARTS) is 1. The third-order valence-electron chi connectivity index (χ3n) is 7.47. The molecule has 2 amide bonds. The predicted molar refractivity (Wildman–Crippen MR) is 132 cm³/mol. The van der Waals surface area contributed by atoms with E-state index in [0.29, 0.717) is 11.3 Å². The van der Waals surface area contributed by atoms with Crippen LogP contribution < -0.4 is 10.2 Å². The summed E-state index contributed by atoms with van der Waals surface area (Å²) in [6, 6.07) is 21.7. The maximum atomic E-state index is 13.9. The lowest BCUT2D eigenvalue weighted by molar-refractivity contribution is -0.148. The molecule has 4 aromatic rings. The smallest absolute Gasteiger partial charge is 0.325 e. The number of H-pyrrole nitrogens is 1. The fourth-order valence-corrected chi connectivity index (χ4v) is 5.87. The molecule has 3 heterocycles. The molecule has 180 valence electrons. The Morgan fingerprint density at radius 3 is 2.36 bits per heavy atom. The van der Waals surface area contributed by atoms with Crippen molar-refractivity contribution in [3.63, 3.8) is 0 Å². The van der Waals surface area contributed by atoms with E-state index in [2.05, 4.69) is 10.3 Å². The zero-order chi connectivity index (χ0) is 25.0. The van der Waals surface area contributed by atoms with Crippen LogP contribution >= 0.6 is 0 Å². The van der Waals surface area contributed by atoms with Gasteiger partial charge in [-0.25, -0.2) is 4.90 Å². The topological polar surface area (TPSA) is 123 Å². The van der Waals surface area contributed by atoms with Gasteiger partial charge in [-0.05, 0) is 29.8 Å². The monoisotopic (exact) mass is 481 g/mol. The van der Waals surface area contributed by atoms with Crippen LogP contribution in [0.15, 0.2) is 85.1 Å². The van der Waals surface area contributed by atoms with E-state index in [-0.39, 0.29) is 12.2 Å². The second-order valence-corrected chi connectivity index (χ2v) is 9.34. The van der Waals surface area contributed by atoms with Gasteiger partial charge >= 0.3 is 5.97 Å². The van der Waals surface area contributed by atoms with Crippen molar-refractivity contribution in [1.82, 2.24) is 10.3 Å².